The Morgan fingerprint density at radius 3 is 1.67 bits per heavy atom. The molecule has 1 saturated heterocycles. The zero-order valence-corrected chi connectivity index (χ0v) is 22.4. The number of likely N-dealkylation sites (tertiary alicyclic amines) is 1. The number of carboxylic acid groups (broad SMARTS) is 3. The van der Waals surface area contributed by atoms with Crippen molar-refractivity contribution >= 4 is 17.9 Å². The van der Waals surface area contributed by atoms with Gasteiger partial charge in [0, 0.05) is 50.2 Å². The largest absolute Gasteiger partial charge is 0.490 e. The van der Waals surface area contributed by atoms with E-state index in [1.165, 1.54) is 17.1 Å². The summed E-state index contributed by atoms with van der Waals surface area (Å²) in [7, 11) is 2.26. The number of aryl methyl sites for hydroxylation is 1. The van der Waals surface area contributed by atoms with Crippen molar-refractivity contribution in [2.45, 2.75) is 56.9 Å². The van der Waals surface area contributed by atoms with Gasteiger partial charge in [0.25, 0.3) is 0 Å². The summed E-state index contributed by atoms with van der Waals surface area (Å²) in [5, 5.41) is 21.4. The summed E-state index contributed by atoms with van der Waals surface area (Å²) in [6.45, 7) is 7.57. The van der Waals surface area contributed by atoms with E-state index in [2.05, 4.69) is 34.4 Å². The van der Waals surface area contributed by atoms with Crippen molar-refractivity contribution in [3.8, 4) is 0 Å². The molecule has 244 valence electrons. The van der Waals surface area contributed by atoms with Crippen LogP contribution in [0.3, 0.4) is 0 Å². The lowest BCUT2D eigenvalue weighted by molar-refractivity contribution is -0.193. The van der Waals surface area contributed by atoms with Gasteiger partial charge in [0.15, 0.2) is 0 Å². The van der Waals surface area contributed by atoms with Gasteiger partial charge < -0.3 is 24.3 Å². The second-order valence-corrected chi connectivity index (χ2v) is 9.14. The van der Waals surface area contributed by atoms with Crippen molar-refractivity contribution in [3.05, 3.63) is 41.9 Å². The molecule has 4 heterocycles. The van der Waals surface area contributed by atoms with Crippen LogP contribution in [0.25, 0.3) is 0 Å². The Morgan fingerprint density at radius 1 is 0.860 bits per heavy atom. The molecule has 2 aromatic heterocycles. The summed E-state index contributed by atoms with van der Waals surface area (Å²) in [4.78, 5) is 36.5. The highest BCUT2D eigenvalue weighted by atomic mass is 19.4. The first kappa shape index (κ1) is 37.2. The number of carbonyl (C=O) groups is 3. The highest BCUT2D eigenvalue weighted by Gasteiger charge is 2.45. The second-order valence-electron chi connectivity index (χ2n) is 9.14. The van der Waals surface area contributed by atoms with Gasteiger partial charge in [-0.3, -0.25) is 9.80 Å². The van der Waals surface area contributed by atoms with Crippen LogP contribution in [0.5, 0.6) is 0 Å². The van der Waals surface area contributed by atoms with Gasteiger partial charge in [-0.25, -0.2) is 19.4 Å². The van der Waals surface area contributed by atoms with E-state index < -0.39 is 36.4 Å². The average Bonchev–Trinajstić information content (AvgIpc) is 3.52. The highest BCUT2D eigenvalue weighted by molar-refractivity contribution is 5.73. The third-order valence-electron chi connectivity index (χ3n) is 6.26. The van der Waals surface area contributed by atoms with Crippen molar-refractivity contribution < 1.29 is 73.6 Å². The Bertz CT molecular complexity index is 1140. The number of alkyl halides is 9. The number of likely N-dealkylation sites (N-methyl/N-ethyl adjacent to an activating group) is 1. The van der Waals surface area contributed by atoms with Gasteiger partial charge >= 0.3 is 36.4 Å². The molecule has 1 spiro atoms. The van der Waals surface area contributed by atoms with Gasteiger partial charge in [0.1, 0.15) is 5.82 Å². The van der Waals surface area contributed by atoms with E-state index in [9.17, 15) is 39.5 Å². The standard InChI is InChI=1S/C17H24N4O.3C2HF3O2/c1-14-11-18-16-17(19(2)8-9-21(14)16)4-6-20(7-5-17)12-15-3-10-22-13-15;3*3-2(4,5)1(6)7/h3,10-11,13H,4-9,12H2,1-2H3;3*(H,6,7). The second kappa shape index (κ2) is 14.6. The highest BCUT2D eigenvalue weighted by Crippen LogP contribution is 2.40. The average molecular weight is 642 g/mol. The summed E-state index contributed by atoms with van der Waals surface area (Å²) < 4.78 is 103. The topological polar surface area (TPSA) is 149 Å². The molecular weight excluding hydrogens is 615 g/mol. The van der Waals surface area contributed by atoms with E-state index in [0.717, 1.165) is 45.6 Å². The number of rotatable bonds is 2. The van der Waals surface area contributed by atoms with Gasteiger partial charge in [0.05, 0.1) is 18.1 Å². The van der Waals surface area contributed by atoms with Gasteiger partial charge in [-0.05, 0) is 32.9 Å². The van der Waals surface area contributed by atoms with Crippen molar-refractivity contribution in [3.63, 3.8) is 0 Å². The number of furan rings is 1. The Kier molecular flexibility index (Phi) is 12.6. The number of nitrogens with zero attached hydrogens (tertiary/aromatic N) is 4. The third-order valence-corrected chi connectivity index (χ3v) is 6.26. The predicted octanol–water partition coefficient (Wildman–Crippen LogP) is 4.12. The first-order chi connectivity index (χ1) is 19.5. The molecule has 20 heteroatoms. The van der Waals surface area contributed by atoms with Crippen LogP contribution in [0, 0.1) is 6.92 Å². The summed E-state index contributed by atoms with van der Waals surface area (Å²) in [5.74, 6) is -6.99. The predicted molar refractivity (Wildman–Crippen MR) is 126 cm³/mol. The number of hydrogen-bond acceptors (Lipinski definition) is 7. The van der Waals surface area contributed by atoms with Crippen LogP contribution >= 0.6 is 0 Å². The Labute approximate surface area is 237 Å². The fourth-order valence-corrected chi connectivity index (χ4v) is 4.08. The molecule has 2 aromatic rings. The molecule has 0 bridgehead atoms. The lowest BCUT2D eigenvalue weighted by atomic mass is 9.83. The van der Waals surface area contributed by atoms with Gasteiger partial charge in [0.2, 0.25) is 0 Å². The number of fused-ring (bicyclic) bond motifs is 2. The summed E-state index contributed by atoms with van der Waals surface area (Å²) >= 11 is 0. The van der Waals surface area contributed by atoms with Crippen molar-refractivity contribution in [1.82, 2.24) is 19.4 Å². The van der Waals surface area contributed by atoms with Crippen LogP contribution in [-0.4, -0.2) is 97.8 Å². The molecular formula is C23H27F9N4O7. The van der Waals surface area contributed by atoms with Crippen molar-refractivity contribution in [2.75, 3.05) is 26.7 Å². The lowest BCUT2D eigenvalue weighted by Gasteiger charge is -2.49. The zero-order chi connectivity index (χ0) is 33.4. The molecule has 11 nitrogen and oxygen atoms in total. The lowest BCUT2D eigenvalue weighted by Crippen LogP contribution is -2.56. The molecule has 0 aliphatic carbocycles. The number of halogens is 9. The maximum atomic E-state index is 10.6. The maximum absolute atomic E-state index is 10.6. The van der Waals surface area contributed by atoms with E-state index in [1.807, 2.05) is 12.5 Å². The fraction of sp³-hybridized carbons (Fsp3) is 0.565. The Balaban J connectivity index is 0.000000363. The number of carboxylic acids is 3. The molecule has 0 amide bonds. The number of piperidine rings is 1. The Hall–Kier alpha value is -3.81. The zero-order valence-electron chi connectivity index (χ0n) is 22.4. The van der Waals surface area contributed by atoms with Gasteiger partial charge in [-0.1, -0.05) is 0 Å². The number of hydrogen-bond donors (Lipinski definition) is 3. The van der Waals surface area contributed by atoms with Crippen LogP contribution in [0.1, 0.15) is 29.9 Å². The van der Waals surface area contributed by atoms with Crippen molar-refractivity contribution in [1.29, 1.82) is 0 Å². The third kappa shape index (κ3) is 11.1. The first-order valence-corrected chi connectivity index (χ1v) is 11.9. The minimum atomic E-state index is -5.08. The molecule has 0 radical (unpaired) electrons. The minimum absolute atomic E-state index is 0.124. The normalized spacial score (nSPS) is 16.8. The van der Waals surface area contributed by atoms with Crippen molar-refractivity contribution in [2.24, 2.45) is 0 Å². The molecule has 0 atom stereocenters. The SMILES string of the molecule is Cc1cnc2n1CCN(C)C21CCN(Cc2ccoc2)CC1.O=C(O)C(F)(F)F.O=C(O)C(F)(F)F.O=C(O)C(F)(F)F. The Morgan fingerprint density at radius 2 is 1.30 bits per heavy atom. The summed E-state index contributed by atoms with van der Waals surface area (Å²) in [6.07, 6.45) is -7.30. The van der Waals surface area contributed by atoms with Crippen LogP contribution in [0.15, 0.2) is 29.2 Å². The molecule has 0 saturated carbocycles. The van der Waals surface area contributed by atoms with E-state index in [1.54, 1.807) is 6.26 Å². The molecule has 1 fully saturated rings. The quantitative estimate of drug-likeness (QED) is 0.409. The van der Waals surface area contributed by atoms with E-state index in [-0.39, 0.29) is 5.54 Å². The minimum Gasteiger partial charge on any atom is -0.475 e. The van der Waals surface area contributed by atoms with Crippen LogP contribution in [-0.2, 0) is 33.0 Å². The molecule has 2 aliphatic rings. The summed E-state index contributed by atoms with van der Waals surface area (Å²) in [6, 6.07) is 2.06. The van der Waals surface area contributed by atoms with Gasteiger partial charge in [-0.2, -0.15) is 39.5 Å². The molecule has 4 rings (SSSR count). The smallest absolute Gasteiger partial charge is 0.475 e. The summed E-state index contributed by atoms with van der Waals surface area (Å²) in [5.41, 5.74) is 2.69. The van der Waals surface area contributed by atoms with Gasteiger partial charge in [-0.15, -0.1) is 0 Å². The van der Waals surface area contributed by atoms with E-state index in [0.29, 0.717) is 0 Å². The first-order valence-electron chi connectivity index (χ1n) is 11.9. The van der Waals surface area contributed by atoms with Crippen LogP contribution < -0.4 is 0 Å². The fourth-order valence-electron chi connectivity index (χ4n) is 4.08. The van der Waals surface area contributed by atoms with E-state index >= 15 is 0 Å². The number of aliphatic carboxylic acids is 3. The molecule has 3 N–H and O–H groups in total. The molecule has 2 aliphatic heterocycles. The molecule has 0 unspecified atom stereocenters. The number of imidazole rings is 1. The molecule has 43 heavy (non-hydrogen) atoms. The maximum Gasteiger partial charge on any atom is 0.490 e. The van der Waals surface area contributed by atoms with Crippen LogP contribution in [0.2, 0.25) is 0 Å². The van der Waals surface area contributed by atoms with E-state index in [4.69, 9.17) is 39.1 Å². The van der Waals surface area contributed by atoms with Crippen LogP contribution in [0.4, 0.5) is 39.5 Å². The monoisotopic (exact) mass is 642 g/mol. The molecule has 0 aromatic carbocycles. The number of aromatic nitrogens is 2.